The van der Waals surface area contributed by atoms with Gasteiger partial charge in [-0.2, -0.15) is 0 Å². The Balaban J connectivity index is 0.000000405. The second kappa shape index (κ2) is 4.08. The third kappa shape index (κ3) is 1.58. The van der Waals surface area contributed by atoms with Crippen LogP contribution < -0.4 is 0 Å². The lowest BCUT2D eigenvalue weighted by molar-refractivity contribution is 1.51. The normalized spacial score (nSPS) is 8.40. The van der Waals surface area contributed by atoms with Gasteiger partial charge in [-0.15, -0.1) is 47.5 Å². The molecule has 0 aliphatic carbocycles. The second-order valence-electron chi connectivity index (χ2n) is 1.32. The highest BCUT2D eigenvalue weighted by atomic mass is 35.5. The Hall–Kier alpha value is 0.1000. The van der Waals surface area contributed by atoms with Crippen molar-refractivity contribution in [2.75, 3.05) is 0 Å². The Labute approximate surface area is 78.1 Å². The van der Waals surface area contributed by atoms with Crippen LogP contribution in [0.25, 0.3) is 9.66 Å². The topological polar surface area (TPSA) is 25.8 Å². The van der Waals surface area contributed by atoms with Crippen LogP contribution in [0.5, 0.6) is 0 Å². The number of fused-ring (bicyclic) bond motifs is 1. The molecule has 56 valence electrons. The molecule has 0 spiro atoms. The van der Waals surface area contributed by atoms with E-state index in [1.54, 1.807) is 22.7 Å². The van der Waals surface area contributed by atoms with E-state index in [9.17, 15) is 0 Å². The van der Waals surface area contributed by atoms with Crippen molar-refractivity contribution < 1.29 is 0 Å². The van der Waals surface area contributed by atoms with E-state index in [4.69, 9.17) is 0 Å². The molecule has 2 heterocycles. The Bertz CT molecular complexity index is 241. The van der Waals surface area contributed by atoms with Crippen molar-refractivity contribution in [3.63, 3.8) is 0 Å². The smallest absolute Gasteiger partial charge is 0.154 e. The molecule has 0 aliphatic heterocycles. The van der Waals surface area contributed by atoms with Crippen molar-refractivity contribution >= 4 is 57.1 Å². The first kappa shape index (κ1) is 10.1. The van der Waals surface area contributed by atoms with Crippen LogP contribution in [-0.2, 0) is 0 Å². The molecule has 0 bridgehead atoms. The van der Waals surface area contributed by atoms with Crippen LogP contribution >= 0.6 is 47.5 Å². The fraction of sp³-hybridized carbons (Fsp3) is 0. The lowest BCUT2D eigenvalue weighted by atomic mass is 10.9. The van der Waals surface area contributed by atoms with E-state index in [-0.39, 0.29) is 24.8 Å². The van der Waals surface area contributed by atoms with Gasteiger partial charge in [0.25, 0.3) is 0 Å². The molecule has 2 aromatic heterocycles. The van der Waals surface area contributed by atoms with Crippen LogP contribution in [0, 0.1) is 0 Å². The fourth-order valence-corrected chi connectivity index (χ4v) is 1.99. The molecular formula is C4H4Cl2N2S2. The number of rotatable bonds is 0. The predicted octanol–water partition coefficient (Wildman–Crippen LogP) is 2.60. The molecule has 0 N–H and O–H groups in total. The second-order valence-corrected chi connectivity index (χ2v) is 2.98. The first-order chi connectivity index (χ1) is 3.97. The quantitative estimate of drug-likeness (QED) is 0.675. The van der Waals surface area contributed by atoms with E-state index in [0.717, 1.165) is 9.66 Å². The molecule has 2 aromatic rings. The molecule has 10 heavy (non-hydrogen) atoms. The Morgan fingerprint density at radius 2 is 1.30 bits per heavy atom. The molecule has 0 saturated heterocycles. The summed E-state index contributed by atoms with van der Waals surface area (Å²) in [5, 5.41) is 0. The summed E-state index contributed by atoms with van der Waals surface area (Å²) < 4.78 is 0. The van der Waals surface area contributed by atoms with E-state index in [1.165, 1.54) is 0 Å². The molecule has 2 rings (SSSR count). The van der Waals surface area contributed by atoms with E-state index < -0.39 is 0 Å². The summed E-state index contributed by atoms with van der Waals surface area (Å²) in [6.07, 6.45) is 0. The van der Waals surface area contributed by atoms with Gasteiger partial charge in [0.05, 0.1) is 11.0 Å². The van der Waals surface area contributed by atoms with Gasteiger partial charge in [0.1, 0.15) is 0 Å². The van der Waals surface area contributed by atoms with Crippen molar-refractivity contribution in [2.45, 2.75) is 0 Å². The van der Waals surface area contributed by atoms with E-state index >= 15 is 0 Å². The maximum atomic E-state index is 4.05. The number of hydrogen-bond acceptors (Lipinski definition) is 4. The number of halogens is 2. The Morgan fingerprint density at radius 3 is 1.70 bits per heavy atom. The Morgan fingerprint density at radius 1 is 0.900 bits per heavy atom. The first-order valence-corrected chi connectivity index (χ1v) is 3.85. The molecule has 6 heteroatoms. The van der Waals surface area contributed by atoms with Gasteiger partial charge in [-0.3, -0.25) is 0 Å². The number of nitrogens with zero attached hydrogens (tertiary/aromatic N) is 2. The van der Waals surface area contributed by atoms with Crippen molar-refractivity contribution in [3.05, 3.63) is 11.0 Å². The van der Waals surface area contributed by atoms with E-state index in [0.29, 0.717) is 0 Å². The first-order valence-electron chi connectivity index (χ1n) is 2.09. The predicted molar refractivity (Wildman–Crippen MR) is 49.8 cm³/mol. The van der Waals surface area contributed by atoms with Crippen LogP contribution in [0.4, 0.5) is 0 Å². The van der Waals surface area contributed by atoms with Gasteiger partial charge in [-0.1, -0.05) is 0 Å². The summed E-state index contributed by atoms with van der Waals surface area (Å²) in [4.78, 5) is 10.2. The summed E-state index contributed by atoms with van der Waals surface area (Å²) >= 11 is 3.16. The molecule has 0 unspecified atom stereocenters. The fourth-order valence-electron chi connectivity index (χ4n) is 0.520. The molecule has 0 saturated carbocycles. The van der Waals surface area contributed by atoms with Crippen LogP contribution in [-0.4, -0.2) is 9.97 Å². The van der Waals surface area contributed by atoms with E-state index in [2.05, 4.69) is 9.97 Å². The highest BCUT2D eigenvalue weighted by molar-refractivity contribution is 7.24. The highest BCUT2D eigenvalue weighted by Gasteiger charge is 1.94. The zero-order valence-electron chi connectivity index (χ0n) is 4.68. The lowest BCUT2D eigenvalue weighted by Crippen LogP contribution is -1.49. The Kier molecular flexibility index (Phi) is 4.12. The molecule has 0 aromatic carbocycles. The zero-order valence-corrected chi connectivity index (χ0v) is 7.95. The number of hydrogen-bond donors (Lipinski definition) is 0. The van der Waals surface area contributed by atoms with Gasteiger partial charge >= 0.3 is 0 Å². The van der Waals surface area contributed by atoms with Gasteiger partial charge in [-0.25, -0.2) is 9.97 Å². The van der Waals surface area contributed by atoms with Crippen LogP contribution in [0.15, 0.2) is 11.0 Å². The lowest BCUT2D eigenvalue weighted by Gasteiger charge is -1.60. The maximum absolute atomic E-state index is 4.05. The summed E-state index contributed by atoms with van der Waals surface area (Å²) in [5.74, 6) is 0. The largest absolute Gasteiger partial charge is 0.232 e. The summed E-state index contributed by atoms with van der Waals surface area (Å²) in [6.45, 7) is 0. The molecular weight excluding hydrogens is 211 g/mol. The highest BCUT2D eigenvalue weighted by Crippen LogP contribution is 2.18. The minimum Gasteiger partial charge on any atom is -0.232 e. The van der Waals surface area contributed by atoms with Gasteiger partial charge in [0.15, 0.2) is 9.66 Å². The molecule has 0 fully saturated rings. The van der Waals surface area contributed by atoms with Crippen molar-refractivity contribution in [3.8, 4) is 0 Å². The third-order valence-electron chi connectivity index (χ3n) is 0.852. The number of thiazole rings is 2. The molecule has 0 aliphatic rings. The zero-order chi connectivity index (χ0) is 5.40. The van der Waals surface area contributed by atoms with Gasteiger partial charge < -0.3 is 0 Å². The van der Waals surface area contributed by atoms with Crippen LogP contribution in [0.3, 0.4) is 0 Å². The monoisotopic (exact) mass is 214 g/mol. The molecule has 2 nitrogen and oxygen atoms in total. The van der Waals surface area contributed by atoms with Crippen molar-refractivity contribution in [2.24, 2.45) is 0 Å². The summed E-state index contributed by atoms with van der Waals surface area (Å²) in [5.41, 5.74) is 3.63. The standard InChI is InChI=1S/C4H2N2S2.2ClH/c1-5-3-4(7-1)6-2-8-3;;/h1-2H;2*1H. The van der Waals surface area contributed by atoms with Gasteiger partial charge in [0.2, 0.25) is 0 Å². The summed E-state index contributed by atoms with van der Waals surface area (Å²) in [6, 6.07) is 0. The van der Waals surface area contributed by atoms with E-state index in [1.807, 2.05) is 11.0 Å². The van der Waals surface area contributed by atoms with Crippen molar-refractivity contribution in [1.82, 2.24) is 9.97 Å². The SMILES string of the molecule is Cl.Cl.c1nc2scnc2s1. The molecule has 0 amide bonds. The third-order valence-corrected chi connectivity index (χ3v) is 2.45. The average Bonchev–Trinajstić information content (AvgIpc) is 2.15. The number of aromatic nitrogens is 2. The molecule has 0 atom stereocenters. The van der Waals surface area contributed by atoms with Crippen LogP contribution in [0.2, 0.25) is 0 Å². The maximum Gasteiger partial charge on any atom is 0.154 e. The van der Waals surface area contributed by atoms with Crippen molar-refractivity contribution in [1.29, 1.82) is 0 Å². The average molecular weight is 215 g/mol. The van der Waals surface area contributed by atoms with Crippen LogP contribution in [0.1, 0.15) is 0 Å². The minimum absolute atomic E-state index is 0. The minimum atomic E-state index is 0. The summed E-state index contributed by atoms with van der Waals surface area (Å²) in [7, 11) is 0. The van der Waals surface area contributed by atoms with Gasteiger partial charge in [0, 0.05) is 0 Å². The molecule has 0 radical (unpaired) electrons. The van der Waals surface area contributed by atoms with Gasteiger partial charge in [-0.05, 0) is 0 Å².